The first-order chi connectivity index (χ1) is 24.4. The average Bonchev–Trinajstić information content (AvgIpc) is 3.48. The number of halogens is 1. The van der Waals surface area contributed by atoms with Gasteiger partial charge in [0.2, 0.25) is 5.91 Å². The van der Waals surface area contributed by atoms with Gasteiger partial charge in [0.05, 0.1) is 11.7 Å². The summed E-state index contributed by atoms with van der Waals surface area (Å²) >= 11 is 6.52. The van der Waals surface area contributed by atoms with Gasteiger partial charge in [-0.1, -0.05) is 60.5 Å². The van der Waals surface area contributed by atoms with Gasteiger partial charge in [-0.2, -0.15) is 0 Å². The molecular weight excluding hydrogens is 646 g/mol. The van der Waals surface area contributed by atoms with E-state index in [1.807, 2.05) is 41.4 Å². The maximum Gasteiger partial charge on any atom is 0.410 e. The van der Waals surface area contributed by atoms with E-state index in [9.17, 15) is 4.79 Å². The van der Waals surface area contributed by atoms with Crippen molar-refractivity contribution < 1.29 is 14.3 Å². The minimum atomic E-state index is -0.704. The Morgan fingerprint density at radius 1 is 0.940 bits per heavy atom. The number of rotatable bonds is 9. The maximum absolute atomic E-state index is 15.0. The number of pyridine rings is 1. The Hall–Kier alpha value is -4.14. The molecule has 8 nitrogen and oxygen atoms in total. The Morgan fingerprint density at radius 2 is 1.76 bits per heavy atom. The van der Waals surface area contributed by atoms with Gasteiger partial charge in [0, 0.05) is 62.9 Å². The summed E-state index contributed by atoms with van der Waals surface area (Å²) in [5.74, 6) is -0.0442. The fourth-order valence-corrected chi connectivity index (χ4v) is 8.30. The summed E-state index contributed by atoms with van der Waals surface area (Å²) in [5, 5.41) is 0.719. The molecule has 1 aliphatic heterocycles. The quantitative estimate of drug-likeness (QED) is 0.183. The third kappa shape index (κ3) is 7.77. The highest BCUT2D eigenvalue weighted by Crippen LogP contribution is 2.38. The zero-order valence-corrected chi connectivity index (χ0v) is 29.8. The fraction of sp³-hybridized carbons (Fsp3) is 0.439. The van der Waals surface area contributed by atoms with Gasteiger partial charge in [-0.05, 0) is 104 Å². The van der Waals surface area contributed by atoms with Crippen molar-refractivity contribution in [2.24, 2.45) is 7.05 Å². The van der Waals surface area contributed by atoms with Gasteiger partial charge in [-0.3, -0.25) is 19.6 Å². The fourth-order valence-electron chi connectivity index (χ4n) is 8.10. The molecule has 2 aromatic heterocycles. The summed E-state index contributed by atoms with van der Waals surface area (Å²) in [6, 6.07) is 23.8. The lowest BCUT2D eigenvalue weighted by molar-refractivity contribution is -0.140. The summed E-state index contributed by atoms with van der Waals surface area (Å²) in [6.45, 7) is 2.43. The lowest BCUT2D eigenvalue weighted by Gasteiger charge is -2.45. The molecule has 3 heterocycles. The number of fused-ring (bicyclic) bond motifs is 2. The second-order valence-electron chi connectivity index (χ2n) is 14.1. The number of ether oxygens (including phenoxy) is 1. The van der Waals surface area contributed by atoms with E-state index in [2.05, 4.69) is 65.2 Å². The predicted octanol–water partition coefficient (Wildman–Crippen LogP) is 7.38. The maximum atomic E-state index is 15.0. The molecule has 0 radical (unpaired) electrons. The van der Waals surface area contributed by atoms with Crippen LogP contribution < -0.4 is 0 Å². The summed E-state index contributed by atoms with van der Waals surface area (Å²) in [4.78, 5) is 40.0. The van der Waals surface area contributed by atoms with Crippen molar-refractivity contribution >= 4 is 23.6 Å². The van der Waals surface area contributed by atoms with Gasteiger partial charge < -0.3 is 14.2 Å². The average molecular weight is 694 g/mol. The standard InChI is InChI=1S/C41H48ClN5O3/c1-44-23-9-14-34(44)15-10-24-46(28-30-11-4-2-5-12-30)40(48)37-29-45(25-26-47(37)41(49)50-35-16-6-3-7-17-35)39-36-21-20-33(42)27-32(36)19-18-31-13-8-22-43-38(31)39/h2,4-5,8-9,11-14,20-23,27,35,37,39H,3,6-7,10,15-19,24-26,28-29H2,1H3/t37-,39-/m1/s1. The highest BCUT2D eigenvalue weighted by atomic mass is 35.5. The highest BCUT2D eigenvalue weighted by molar-refractivity contribution is 6.30. The molecule has 7 rings (SSSR count). The van der Waals surface area contributed by atoms with Crippen molar-refractivity contribution in [1.29, 1.82) is 0 Å². The molecule has 0 bridgehead atoms. The molecule has 1 saturated heterocycles. The summed E-state index contributed by atoms with van der Waals surface area (Å²) < 4.78 is 8.28. The molecule has 0 N–H and O–H groups in total. The first-order valence-corrected chi connectivity index (χ1v) is 18.7. The van der Waals surface area contributed by atoms with E-state index in [-0.39, 0.29) is 24.1 Å². The predicted molar refractivity (Wildman–Crippen MR) is 196 cm³/mol. The molecule has 262 valence electrons. The van der Waals surface area contributed by atoms with E-state index >= 15 is 4.79 Å². The van der Waals surface area contributed by atoms with Crippen LogP contribution in [-0.2, 0) is 42.4 Å². The van der Waals surface area contributed by atoms with Crippen LogP contribution in [0.3, 0.4) is 0 Å². The molecule has 2 amide bonds. The van der Waals surface area contributed by atoms with Crippen LogP contribution in [0.1, 0.15) is 78.2 Å². The van der Waals surface area contributed by atoms with Crippen LogP contribution in [0.5, 0.6) is 0 Å². The summed E-state index contributed by atoms with van der Waals surface area (Å²) in [6.07, 6.45) is 11.9. The molecule has 3 aliphatic rings. The molecular formula is C41H48ClN5O3. The van der Waals surface area contributed by atoms with Gasteiger partial charge in [0.15, 0.2) is 0 Å². The lowest BCUT2D eigenvalue weighted by atomic mass is 9.95. The third-order valence-electron chi connectivity index (χ3n) is 10.8. The Morgan fingerprint density at radius 3 is 2.56 bits per heavy atom. The van der Waals surface area contributed by atoms with Gasteiger partial charge in [-0.15, -0.1) is 0 Å². The van der Waals surface area contributed by atoms with Crippen LogP contribution in [0.15, 0.2) is 85.2 Å². The molecule has 2 aliphatic carbocycles. The molecule has 9 heteroatoms. The number of carbonyl (C=O) groups excluding carboxylic acids is 2. The normalized spacial score (nSPS) is 19.7. The van der Waals surface area contributed by atoms with Crippen molar-refractivity contribution in [2.75, 3.05) is 26.2 Å². The minimum Gasteiger partial charge on any atom is -0.446 e. The lowest BCUT2D eigenvalue weighted by Crippen LogP contribution is -2.62. The Balaban J connectivity index is 1.21. The Kier molecular flexibility index (Phi) is 10.9. The van der Waals surface area contributed by atoms with Crippen molar-refractivity contribution in [3.8, 4) is 0 Å². The molecule has 2 fully saturated rings. The molecule has 2 aromatic carbocycles. The van der Waals surface area contributed by atoms with Crippen LogP contribution >= 0.6 is 11.6 Å². The number of piperazine rings is 1. The SMILES string of the molecule is Cn1cccc1CCCN(Cc1ccccc1)C(=O)[C@H]1CN([C@@H]2c3ccc(Cl)cc3CCc3cccnc32)CCN1C(=O)OC1CCCCC1. The number of amides is 2. The molecule has 4 aromatic rings. The minimum absolute atomic E-state index is 0.0442. The first-order valence-electron chi connectivity index (χ1n) is 18.3. The van der Waals surface area contributed by atoms with Crippen molar-refractivity contribution in [3.05, 3.63) is 124 Å². The van der Waals surface area contributed by atoms with Gasteiger partial charge in [0.1, 0.15) is 12.1 Å². The van der Waals surface area contributed by atoms with Crippen molar-refractivity contribution in [3.63, 3.8) is 0 Å². The van der Waals surface area contributed by atoms with E-state index in [0.717, 1.165) is 67.6 Å². The second kappa shape index (κ2) is 15.8. The van der Waals surface area contributed by atoms with Gasteiger partial charge in [-0.25, -0.2) is 4.79 Å². The number of hydrogen-bond donors (Lipinski definition) is 0. The second-order valence-corrected chi connectivity index (χ2v) is 14.5. The van der Waals surface area contributed by atoms with Crippen LogP contribution in [0.25, 0.3) is 0 Å². The Bertz CT molecular complexity index is 1770. The van der Waals surface area contributed by atoms with Crippen LogP contribution in [0.4, 0.5) is 4.79 Å². The zero-order valence-electron chi connectivity index (χ0n) is 29.1. The summed E-state index contributed by atoms with van der Waals surface area (Å²) in [7, 11) is 2.06. The smallest absolute Gasteiger partial charge is 0.410 e. The number of hydrogen-bond acceptors (Lipinski definition) is 5. The number of carbonyl (C=O) groups is 2. The van der Waals surface area contributed by atoms with E-state index in [4.69, 9.17) is 21.3 Å². The van der Waals surface area contributed by atoms with Crippen LogP contribution in [0.2, 0.25) is 5.02 Å². The van der Waals surface area contributed by atoms with E-state index in [0.29, 0.717) is 32.7 Å². The van der Waals surface area contributed by atoms with Crippen molar-refractivity contribution in [1.82, 2.24) is 24.3 Å². The molecule has 0 unspecified atom stereocenters. The number of benzene rings is 2. The van der Waals surface area contributed by atoms with Crippen LogP contribution in [0, 0.1) is 0 Å². The number of aryl methyl sites for hydroxylation is 4. The van der Waals surface area contributed by atoms with Gasteiger partial charge in [0.25, 0.3) is 0 Å². The van der Waals surface area contributed by atoms with Gasteiger partial charge >= 0.3 is 6.09 Å². The molecule has 0 spiro atoms. The monoisotopic (exact) mass is 693 g/mol. The molecule has 2 atom stereocenters. The molecule has 1 saturated carbocycles. The largest absolute Gasteiger partial charge is 0.446 e. The van der Waals surface area contributed by atoms with E-state index in [1.165, 1.54) is 28.8 Å². The molecule has 50 heavy (non-hydrogen) atoms. The van der Waals surface area contributed by atoms with E-state index in [1.54, 1.807) is 4.90 Å². The van der Waals surface area contributed by atoms with Crippen LogP contribution in [-0.4, -0.2) is 74.6 Å². The number of aromatic nitrogens is 2. The summed E-state index contributed by atoms with van der Waals surface area (Å²) in [5.41, 5.74) is 6.89. The van der Waals surface area contributed by atoms with Crippen molar-refractivity contribution in [2.45, 2.75) is 82.5 Å². The third-order valence-corrected chi connectivity index (χ3v) is 11.0. The first kappa shape index (κ1) is 34.3. The number of nitrogens with zero attached hydrogens (tertiary/aromatic N) is 5. The highest BCUT2D eigenvalue weighted by Gasteiger charge is 2.42. The topological polar surface area (TPSA) is 70.9 Å². The van der Waals surface area contributed by atoms with E-state index < -0.39 is 6.04 Å². The zero-order chi connectivity index (χ0) is 34.5. The Labute approximate surface area is 301 Å².